The quantitative estimate of drug-likeness (QED) is 0.447. The number of hydrogen-bond acceptors (Lipinski definition) is 5. The first-order valence-electron chi connectivity index (χ1n) is 8.80. The summed E-state index contributed by atoms with van der Waals surface area (Å²) in [6.45, 7) is 0.0118. The van der Waals surface area contributed by atoms with E-state index in [9.17, 15) is 14.3 Å². The maximum absolute atomic E-state index is 13.0. The van der Waals surface area contributed by atoms with Crippen LogP contribution in [0.15, 0.2) is 69.5 Å². The second-order valence-electron chi connectivity index (χ2n) is 6.46. The standard InChI is InChI=1S/C21H16BrFN2O3S/c22-14-3-1-13(2-4-14)18-11-29-20-19(18)21(27)25(12-24-20)9-16(26)10-28-17-7-5-15(23)6-8-17/h1-8,11-12,16,26H,9-10H2/t16-/m1/s1. The van der Waals surface area contributed by atoms with Crippen molar-refractivity contribution in [2.75, 3.05) is 6.61 Å². The van der Waals surface area contributed by atoms with Gasteiger partial charge in [0.15, 0.2) is 0 Å². The van der Waals surface area contributed by atoms with E-state index in [2.05, 4.69) is 20.9 Å². The van der Waals surface area contributed by atoms with Crippen LogP contribution in [0.1, 0.15) is 0 Å². The summed E-state index contributed by atoms with van der Waals surface area (Å²) in [5, 5.41) is 12.7. The number of nitrogens with zero attached hydrogens (tertiary/aromatic N) is 2. The van der Waals surface area contributed by atoms with Gasteiger partial charge in [-0.25, -0.2) is 9.37 Å². The minimum atomic E-state index is -0.924. The number of fused-ring (bicyclic) bond motifs is 1. The topological polar surface area (TPSA) is 64.4 Å². The summed E-state index contributed by atoms with van der Waals surface area (Å²) >= 11 is 4.82. The zero-order valence-electron chi connectivity index (χ0n) is 15.1. The van der Waals surface area contributed by atoms with E-state index in [1.165, 1.54) is 46.5 Å². The molecule has 0 saturated heterocycles. The Kier molecular flexibility index (Phi) is 5.75. The van der Waals surface area contributed by atoms with Crippen molar-refractivity contribution in [1.82, 2.24) is 9.55 Å². The summed E-state index contributed by atoms with van der Waals surface area (Å²) in [5.41, 5.74) is 1.53. The predicted molar refractivity (Wildman–Crippen MR) is 115 cm³/mol. The summed E-state index contributed by atoms with van der Waals surface area (Å²) in [5.74, 6) is 0.0860. The van der Waals surface area contributed by atoms with Crippen molar-refractivity contribution in [2.24, 2.45) is 0 Å². The van der Waals surface area contributed by atoms with Crippen LogP contribution in [0.5, 0.6) is 5.75 Å². The van der Waals surface area contributed by atoms with Gasteiger partial charge in [0.2, 0.25) is 0 Å². The van der Waals surface area contributed by atoms with Gasteiger partial charge in [0.05, 0.1) is 18.3 Å². The Hall–Kier alpha value is -2.55. The van der Waals surface area contributed by atoms with Crippen LogP contribution in [-0.2, 0) is 6.54 Å². The first-order valence-corrected chi connectivity index (χ1v) is 10.5. The molecule has 1 atom stereocenters. The molecule has 4 aromatic rings. The average Bonchev–Trinajstić information content (AvgIpc) is 3.15. The number of rotatable bonds is 6. The van der Waals surface area contributed by atoms with Gasteiger partial charge in [-0.15, -0.1) is 11.3 Å². The van der Waals surface area contributed by atoms with Crippen LogP contribution in [0, 0.1) is 5.82 Å². The molecule has 2 aromatic carbocycles. The van der Waals surface area contributed by atoms with E-state index in [-0.39, 0.29) is 24.5 Å². The fourth-order valence-electron chi connectivity index (χ4n) is 2.94. The van der Waals surface area contributed by atoms with Crippen molar-refractivity contribution in [3.05, 3.63) is 80.9 Å². The number of hydrogen-bond donors (Lipinski definition) is 1. The Labute approximate surface area is 178 Å². The second kappa shape index (κ2) is 8.44. The number of halogens is 2. The fourth-order valence-corrected chi connectivity index (χ4v) is 4.11. The molecular formula is C21H16BrFN2O3S. The van der Waals surface area contributed by atoms with Crippen molar-refractivity contribution in [2.45, 2.75) is 12.6 Å². The Bertz CT molecular complexity index is 1190. The fraction of sp³-hybridized carbons (Fsp3) is 0.143. The third-order valence-electron chi connectivity index (χ3n) is 4.38. The van der Waals surface area contributed by atoms with E-state index in [1.54, 1.807) is 0 Å². The van der Waals surface area contributed by atoms with Crippen LogP contribution in [0.3, 0.4) is 0 Å². The van der Waals surface area contributed by atoms with E-state index in [0.717, 1.165) is 15.6 Å². The molecule has 1 N–H and O–H groups in total. The molecule has 0 fully saturated rings. The number of benzene rings is 2. The molecule has 8 heteroatoms. The maximum Gasteiger partial charge on any atom is 0.262 e. The Morgan fingerprint density at radius 3 is 2.62 bits per heavy atom. The van der Waals surface area contributed by atoms with Crippen LogP contribution < -0.4 is 10.3 Å². The zero-order valence-corrected chi connectivity index (χ0v) is 17.5. The van der Waals surface area contributed by atoms with Crippen LogP contribution in [0.4, 0.5) is 4.39 Å². The molecule has 0 saturated carbocycles. The zero-order chi connectivity index (χ0) is 20.4. The van der Waals surface area contributed by atoms with E-state index in [0.29, 0.717) is 16.0 Å². The second-order valence-corrected chi connectivity index (χ2v) is 8.23. The van der Waals surface area contributed by atoms with Gasteiger partial charge in [0, 0.05) is 15.4 Å². The van der Waals surface area contributed by atoms with Crippen molar-refractivity contribution in [3.8, 4) is 16.9 Å². The predicted octanol–water partition coefficient (Wildman–Crippen LogP) is 4.47. The van der Waals surface area contributed by atoms with E-state index < -0.39 is 6.10 Å². The van der Waals surface area contributed by atoms with Gasteiger partial charge in [0.25, 0.3) is 5.56 Å². The van der Waals surface area contributed by atoms with Crippen LogP contribution >= 0.6 is 27.3 Å². The maximum atomic E-state index is 13.0. The van der Waals surface area contributed by atoms with Crippen molar-refractivity contribution in [1.29, 1.82) is 0 Å². The molecule has 2 aromatic heterocycles. The Morgan fingerprint density at radius 2 is 1.90 bits per heavy atom. The van der Waals surface area contributed by atoms with Crippen molar-refractivity contribution in [3.63, 3.8) is 0 Å². The van der Waals surface area contributed by atoms with Crippen molar-refractivity contribution >= 4 is 37.5 Å². The lowest BCUT2D eigenvalue weighted by Gasteiger charge is -2.14. The van der Waals surface area contributed by atoms with Gasteiger partial charge < -0.3 is 9.84 Å². The van der Waals surface area contributed by atoms with Gasteiger partial charge >= 0.3 is 0 Å². The monoisotopic (exact) mass is 474 g/mol. The molecule has 2 heterocycles. The average molecular weight is 475 g/mol. The molecule has 148 valence electrons. The summed E-state index contributed by atoms with van der Waals surface area (Å²) < 4.78 is 20.7. The first kappa shape index (κ1) is 19.8. The highest BCUT2D eigenvalue weighted by atomic mass is 79.9. The minimum Gasteiger partial charge on any atom is -0.491 e. The molecule has 29 heavy (non-hydrogen) atoms. The van der Waals surface area contributed by atoms with Crippen LogP contribution in [-0.4, -0.2) is 27.4 Å². The third-order valence-corrected chi connectivity index (χ3v) is 5.79. The Morgan fingerprint density at radius 1 is 1.17 bits per heavy atom. The van der Waals surface area contributed by atoms with Crippen LogP contribution in [0.2, 0.25) is 0 Å². The molecule has 0 aliphatic carbocycles. The lowest BCUT2D eigenvalue weighted by atomic mass is 10.1. The lowest BCUT2D eigenvalue weighted by Crippen LogP contribution is -2.30. The van der Waals surface area contributed by atoms with Gasteiger partial charge in [-0.05, 0) is 42.0 Å². The summed E-state index contributed by atoms with van der Waals surface area (Å²) in [4.78, 5) is 18.0. The highest BCUT2D eigenvalue weighted by Gasteiger charge is 2.15. The molecule has 0 spiro atoms. The highest BCUT2D eigenvalue weighted by Crippen LogP contribution is 2.31. The summed E-state index contributed by atoms with van der Waals surface area (Å²) in [6.07, 6.45) is 0.514. The van der Waals surface area contributed by atoms with Crippen molar-refractivity contribution < 1.29 is 14.2 Å². The normalized spacial score (nSPS) is 12.2. The molecule has 0 aliphatic rings. The lowest BCUT2D eigenvalue weighted by molar-refractivity contribution is 0.0914. The molecule has 5 nitrogen and oxygen atoms in total. The number of aromatic nitrogens is 2. The molecule has 0 bridgehead atoms. The SMILES string of the molecule is O=c1c2c(-c3ccc(Br)cc3)csc2ncn1C[C@@H](O)COc1ccc(F)cc1. The number of aliphatic hydroxyl groups excluding tert-OH is 1. The van der Waals surface area contributed by atoms with Crippen LogP contribution in [0.25, 0.3) is 21.3 Å². The summed E-state index contributed by atoms with van der Waals surface area (Å²) in [7, 11) is 0. The smallest absolute Gasteiger partial charge is 0.262 e. The summed E-state index contributed by atoms with van der Waals surface area (Å²) in [6, 6.07) is 13.2. The molecule has 4 rings (SSSR count). The number of aliphatic hydroxyl groups is 1. The molecular weight excluding hydrogens is 459 g/mol. The number of ether oxygens (including phenoxy) is 1. The van der Waals surface area contributed by atoms with E-state index in [4.69, 9.17) is 4.74 Å². The molecule has 0 radical (unpaired) electrons. The van der Waals surface area contributed by atoms with Gasteiger partial charge in [-0.1, -0.05) is 28.1 Å². The van der Waals surface area contributed by atoms with E-state index in [1.807, 2.05) is 29.6 Å². The Balaban J connectivity index is 1.55. The highest BCUT2D eigenvalue weighted by molar-refractivity contribution is 9.10. The third kappa shape index (κ3) is 4.39. The van der Waals surface area contributed by atoms with Gasteiger partial charge in [-0.3, -0.25) is 9.36 Å². The molecule has 0 unspecified atom stereocenters. The largest absolute Gasteiger partial charge is 0.491 e. The van der Waals surface area contributed by atoms with Gasteiger partial charge in [-0.2, -0.15) is 0 Å². The molecule has 0 amide bonds. The van der Waals surface area contributed by atoms with Gasteiger partial charge in [0.1, 0.15) is 29.1 Å². The first-order chi connectivity index (χ1) is 14.0. The number of thiophene rings is 1. The minimum absolute atomic E-state index is 0.0285. The van der Waals surface area contributed by atoms with E-state index >= 15 is 0 Å². The molecule has 0 aliphatic heterocycles.